The van der Waals surface area contributed by atoms with Crippen LogP contribution >= 0.6 is 0 Å². The number of benzene rings is 1. The first-order chi connectivity index (χ1) is 30.2. The SMILES string of the molecule is CC(C)(C)OC(=O)CCCNC(=O)CCCCCNC(=O)COCCOCCOCCOCCOCCOCCOCCOCCOCCOCNC(=O)OCc1ccccc1. The monoisotopic (exact) mass is 890 g/mol. The van der Waals surface area contributed by atoms with Crippen LogP contribution in [-0.2, 0) is 77.8 Å². The number of hydrogen-bond donors (Lipinski definition) is 3. The molecule has 0 aliphatic carbocycles. The molecule has 0 aliphatic rings. The van der Waals surface area contributed by atoms with Gasteiger partial charge in [0.25, 0.3) is 0 Å². The number of unbranched alkanes of at least 4 members (excludes halogenated alkanes) is 2. The van der Waals surface area contributed by atoms with Gasteiger partial charge in [0.15, 0.2) is 0 Å². The standard InChI is InChI=1S/C43H75N3O16/c1-43(2,3)62-41(49)14-10-16-44-39(47)13-8-5-9-15-45-40(48)36-59-33-31-57-29-27-55-25-23-53-21-19-51-17-18-52-20-22-54-24-26-56-28-30-58-32-34-60-37-46-42(50)61-35-38-11-6-4-7-12-38/h4,6-7,11-12H,5,8-10,13-37H2,1-3H3,(H,44,47)(H,45,48)(H,46,50). The molecule has 0 saturated heterocycles. The first kappa shape index (κ1) is 56.5. The number of alkyl carbamates (subject to hydrolysis) is 1. The van der Waals surface area contributed by atoms with E-state index in [4.69, 9.17) is 56.8 Å². The highest BCUT2D eigenvalue weighted by Crippen LogP contribution is 2.09. The summed E-state index contributed by atoms with van der Waals surface area (Å²) in [5, 5.41) is 8.14. The summed E-state index contributed by atoms with van der Waals surface area (Å²) in [5.74, 6) is -0.500. The van der Waals surface area contributed by atoms with E-state index in [1.807, 2.05) is 51.1 Å². The minimum Gasteiger partial charge on any atom is -0.460 e. The van der Waals surface area contributed by atoms with Gasteiger partial charge < -0.3 is 67.5 Å². The summed E-state index contributed by atoms with van der Waals surface area (Å²) in [6, 6.07) is 9.43. The third-order valence-corrected chi connectivity index (χ3v) is 7.82. The Morgan fingerprint density at radius 3 is 1.39 bits per heavy atom. The van der Waals surface area contributed by atoms with Gasteiger partial charge in [0, 0.05) is 25.9 Å². The van der Waals surface area contributed by atoms with E-state index in [1.165, 1.54) is 0 Å². The molecule has 1 rings (SSSR count). The number of nitrogens with one attached hydrogen (secondary N) is 3. The lowest BCUT2D eigenvalue weighted by atomic mass is 10.2. The molecule has 0 fully saturated rings. The Hall–Kier alpha value is -3.50. The van der Waals surface area contributed by atoms with Crippen LogP contribution in [-0.4, -0.2) is 175 Å². The fraction of sp³-hybridized carbons (Fsp3) is 0.767. The second-order valence-corrected chi connectivity index (χ2v) is 14.4. The quantitative estimate of drug-likeness (QED) is 0.0488. The molecule has 0 atom stereocenters. The molecule has 0 aromatic heterocycles. The van der Waals surface area contributed by atoms with Gasteiger partial charge in [-0.1, -0.05) is 36.8 Å². The zero-order chi connectivity index (χ0) is 45.0. The molecule has 0 saturated carbocycles. The highest BCUT2D eigenvalue weighted by Gasteiger charge is 2.15. The van der Waals surface area contributed by atoms with Crippen LogP contribution in [0.5, 0.6) is 0 Å². The average molecular weight is 890 g/mol. The van der Waals surface area contributed by atoms with Crippen molar-refractivity contribution in [3.05, 3.63) is 35.9 Å². The normalized spacial score (nSPS) is 11.3. The molecular weight excluding hydrogens is 814 g/mol. The number of amides is 3. The van der Waals surface area contributed by atoms with E-state index in [9.17, 15) is 19.2 Å². The molecule has 0 heterocycles. The summed E-state index contributed by atoms with van der Waals surface area (Å²) in [6.45, 7) is 14.3. The largest absolute Gasteiger partial charge is 0.460 e. The summed E-state index contributed by atoms with van der Waals surface area (Å²) in [6.07, 6.45) is 2.99. The van der Waals surface area contributed by atoms with Crippen LogP contribution in [0.2, 0.25) is 0 Å². The van der Waals surface area contributed by atoms with E-state index < -0.39 is 11.7 Å². The Bertz CT molecular complexity index is 1230. The van der Waals surface area contributed by atoms with E-state index in [-0.39, 0.29) is 44.1 Å². The highest BCUT2D eigenvalue weighted by atomic mass is 16.6. The molecule has 3 amide bonds. The summed E-state index contributed by atoms with van der Waals surface area (Å²) in [4.78, 5) is 47.1. The van der Waals surface area contributed by atoms with Gasteiger partial charge in [-0.2, -0.15) is 0 Å². The number of hydrogen-bond acceptors (Lipinski definition) is 16. The number of carbonyl (C=O) groups is 4. The van der Waals surface area contributed by atoms with Crippen LogP contribution in [0.3, 0.4) is 0 Å². The van der Waals surface area contributed by atoms with Crippen molar-refractivity contribution in [3.63, 3.8) is 0 Å². The van der Waals surface area contributed by atoms with Crippen molar-refractivity contribution in [2.45, 2.75) is 71.5 Å². The van der Waals surface area contributed by atoms with Gasteiger partial charge in [0.1, 0.15) is 25.5 Å². The van der Waals surface area contributed by atoms with Crippen LogP contribution in [0.15, 0.2) is 30.3 Å². The van der Waals surface area contributed by atoms with Crippen LogP contribution in [0, 0.1) is 0 Å². The van der Waals surface area contributed by atoms with Gasteiger partial charge in [-0.25, -0.2) is 4.79 Å². The first-order valence-electron chi connectivity index (χ1n) is 21.6. The maximum atomic E-state index is 11.9. The number of ether oxygens (including phenoxy) is 12. The van der Waals surface area contributed by atoms with Gasteiger partial charge in [-0.15, -0.1) is 0 Å². The predicted molar refractivity (Wildman–Crippen MR) is 228 cm³/mol. The summed E-state index contributed by atoms with van der Waals surface area (Å²) >= 11 is 0. The molecule has 358 valence electrons. The minimum atomic E-state index is -0.541. The zero-order valence-electron chi connectivity index (χ0n) is 37.4. The molecule has 0 bridgehead atoms. The van der Waals surface area contributed by atoms with Gasteiger partial charge in [0.2, 0.25) is 11.8 Å². The number of carbonyl (C=O) groups excluding carboxylic acids is 4. The van der Waals surface area contributed by atoms with E-state index in [0.717, 1.165) is 24.8 Å². The average Bonchev–Trinajstić information content (AvgIpc) is 3.24. The molecule has 0 unspecified atom stereocenters. The minimum absolute atomic E-state index is 0.0384. The predicted octanol–water partition coefficient (Wildman–Crippen LogP) is 2.95. The van der Waals surface area contributed by atoms with E-state index in [0.29, 0.717) is 145 Å². The van der Waals surface area contributed by atoms with Crippen LogP contribution in [0.1, 0.15) is 64.9 Å². The van der Waals surface area contributed by atoms with E-state index in [1.54, 1.807) is 0 Å². The molecule has 1 aromatic carbocycles. The zero-order valence-corrected chi connectivity index (χ0v) is 37.4. The van der Waals surface area contributed by atoms with Crippen molar-refractivity contribution in [1.29, 1.82) is 0 Å². The van der Waals surface area contributed by atoms with Crippen LogP contribution in [0.25, 0.3) is 0 Å². The second-order valence-electron chi connectivity index (χ2n) is 14.4. The Labute approximate surface area is 368 Å². The molecule has 0 aliphatic heterocycles. The maximum Gasteiger partial charge on any atom is 0.409 e. The third-order valence-electron chi connectivity index (χ3n) is 7.82. The van der Waals surface area contributed by atoms with Gasteiger partial charge in [-0.05, 0) is 45.6 Å². The van der Waals surface area contributed by atoms with Gasteiger partial charge in [0.05, 0.1) is 119 Å². The van der Waals surface area contributed by atoms with E-state index in [2.05, 4.69) is 16.0 Å². The van der Waals surface area contributed by atoms with Crippen molar-refractivity contribution < 1.29 is 76.0 Å². The van der Waals surface area contributed by atoms with Crippen molar-refractivity contribution in [2.75, 3.05) is 145 Å². The molecule has 19 heteroatoms. The van der Waals surface area contributed by atoms with Crippen molar-refractivity contribution in [2.24, 2.45) is 0 Å². The summed E-state index contributed by atoms with van der Waals surface area (Å²) in [5.41, 5.74) is 0.409. The Kier molecular flexibility index (Phi) is 37.8. The fourth-order valence-electron chi connectivity index (χ4n) is 4.81. The molecule has 62 heavy (non-hydrogen) atoms. The van der Waals surface area contributed by atoms with Crippen LogP contribution < -0.4 is 16.0 Å². The number of rotatable bonds is 43. The highest BCUT2D eigenvalue weighted by molar-refractivity contribution is 5.77. The van der Waals surface area contributed by atoms with Gasteiger partial charge >= 0.3 is 12.1 Å². The number of esters is 1. The molecule has 0 spiro atoms. The van der Waals surface area contributed by atoms with Crippen LogP contribution in [0.4, 0.5) is 4.79 Å². The smallest absolute Gasteiger partial charge is 0.409 e. The Morgan fingerprint density at radius 2 is 0.903 bits per heavy atom. The molecule has 19 nitrogen and oxygen atoms in total. The summed E-state index contributed by atoms with van der Waals surface area (Å²) in [7, 11) is 0. The summed E-state index contributed by atoms with van der Waals surface area (Å²) < 4.78 is 64.7. The lowest BCUT2D eigenvalue weighted by Gasteiger charge is -2.19. The molecule has 0 radical (unpaired) electrons. The lowest BCUT2D eigenvalue weighted by molar-refractivity contribution is -0.155. The lowest BCUT2D eigenvalue weighted by Crippen LogP contribution is -2.29. The van der Waals surface area contributed by atoms with Gasteiger partial charge in [-0.3, -0.25) is 19.7 Å². The first-order valence-corrected chi connectivity index (χ1v) is 21.6. The third kappa shape index (κ3) is 41.8. The maximum absolute atomic E-state index is 11.9. The molecular formula is C43H75N3O16. The Morgan fingerprint density at radius 1 is 0.468 bits per heavy atom. The molecule has 1 aromatic rings. The Balaban J connectivity index is 1.68. The second kappa shape index (κ2) is 41.5. The fourth-order valence-corrected chi connectivity index (χ4v) is 4.81. The topological polar surface area (TPSA) is 215 Å². The van der Waals surface area contributed by atoms with Crippen molar-refractivity contribution in [1.82, 2.24) is 16.0 Å². The van der Waals surface area contributed by atoms with Crippen molar-refractivity contribution in [3.8, 4) is 0 Å². The van der Waals surface area contributed by atoms with Crippen molar-refractivity contribution >= 4 is 23.9 Å². The molecule has 3 N–H and O–H groups in total. The van der Waals surface area contributed by atoms with E-state index >= 15 is 0 Å².